The lowest BCUT2D eigenvalue weighted by atomic mass is 9.96. The van der Waals surface area contributed by atoms with E-state index in [0.717, 1.165) is 0 Å². The fourth-order valence-corrected chi connectivity index (χ4v) is 1.94. The number of carbonyl (C=O) groups excluding carboxylic acids is 1. The number of ether oxygens (including phenoxy) is 2. The molecule has 1 saturated heterocycles. The minimum absolute atomic E-state index is 0.171. The Kier molecular flexibility index (Phi) is 4.56. The summed E-state index contributed by atoms with van der Waals surface area (Å²) >= 11 is 0. The average molecular weight is 259 g/mol. The molecule has 2 atom stereocenters. The summed E-state index contributed by atoms with van der Waals surface area (Å²) in [6.45, 7) is 5.83. The number of hydrogen-bond donors (Lipinski definition) is 1. The molecule has 0 aliphatic carbocycles. The predicted molar refractivity (Wildman–Crippen MR) is 64.3 cm³/mol. The molecule has 18 heavy (non-hydrogen) atoms. The van der Waals surface area contributed by atoms with Crippen LogP contribution in [0.2, 0.25) is 0 Å². The Bertz CT molecular complexity index is 323. The van der Waals surface area contributed by atoms with Crippen molar-refractivity contribution in [3.63, 3.8) is 0 Å². The summed E-state index contributed by atoms with van der Waals surface area (Å²) in [6, 6.07) is 0. The second-order valence-corrected chi connectivity index (χ2v) is 5.51. The van der Waals surface area contributed by atoms with Crippen molar-refractivity contribution in [1.29, 1.82) is 0 Å². The summed E-state index contributed by atoms with van der Waals surface area (Å²) in [5.41, 5.74) is -0.564. The van der Waals surface area contributed by atoms with Gasteiger partial charge in [-0.1, -0.05) is 0 Å². The highest BCUT2D eigenvalue weighted by Crippen LogP contribution is 2.22. The van der Waals surface area contributed by atoms with Crippen LogP contribution in [0.1, 0.15) is 27.2 Å². The molecule has 0 radical (unpaired) electrons. The van der Waals surface area contributed by atoms with Crippen LogP contribution in [0.5, 0.6) is 0 Å². The van der Waals surface area contributed by atoms with E-state index in [0.29, 0.717) is 13.0 Å². The summed E-state index contributed by atoms with van der Waals surface area (Å²) < 4.78 is 10.5. The minimum atomic E-state index is -1.04. The number of likely N-dealkylation sites (tertiary alicyclic amines) is 1. The summed E-state index contributed by atoms with van der Waals surface area (Å²) in [5, 5.41) is 9.00. The Morgan fingerprint density at radius 1 is 1.28 bits per heavy atom. The van der Waals surface area contributed by atoms with E-state index in [2.05, 4.69) is 0 Å². The molecule has 0 bridgehead atoms. The van der Waals surface area contributed by atoms with E-state index in [1.807, 2.05) is 0 Å². The first-order chi connectivity index (χ1) is 8.23. The third kappa shape index (κ3) is 4.18. The molecule has 2 unspecified atom stereocenters. The Morgan fingerprint density at radius 3 is 2.33 bits per heavy atom. The molecule has 0 aromatic carbocycles. The van der Waals surface area contributed by atoms with Crippen molar-refractivity contribution in [2.45, 2.75) is 38.9 Å². The number of carboxylic acid groups (broad SMARTS) is 1. The van der Waals surface area contributed by atoms with Crippen molar-refractivity contribution in [2.75, 3.05) is 20.2 Å². The van der Waals surface area contributed by atoms with E-state index in [9.17, 15) is 9.59 Å². The lowest BCUT2D eigenvalue weighted by Gasteiger charge is -2.35. The zero-order valence-corrected chi connectivity index (χ0v) is 11.3. The summed E-state index contributed by atoms with van der Waals surface area (Å²) in [6.07, 6.45) is -0.799. The van der Waals surface area contributed by atoms with Gasteiger partial charge in [0.25, 0.3) is 0 Å². The van der Waals surface area contributed by atoms with Gasteiger partial charge in [0.15, 0.2) is 0 Å². The molecular weight excluding hydrogens is 238 g/mol. The molecule has 1 heterocycles. The van der Waals surface area contributed by atoms with Crippen molar-refractivity contribution in [3.8, 4) is 0 Å². The molecule has 1 rings (SSSR count). The van der Waals surface area contributed by atoms with Crippen LogP contribution < -0.4 is 0 Å². The maximum atomic E-state index is 11.9. The summed E-state index contributed by atoms with van der Waals surface area (Å²) in [4.78, 5) is 24.1. The van der Waals surface area contributed by atoms with Crippen molar-refractivity contribution in [1.82, 2.24) is 4.90 Å². The van der Waals surface area contributed by atoms with Crippen molar-refractivity contribution >= 4 is 12.1 Å². The zero-order chi connectivity index (χ0) is 13.9. The monoisotopic (exact) mass is 259 g/mol. The maximum absolute atomic E-state index is 11.9. The third-order valence-corrected chi connectivity index (χ3v) is 2.76. The molecule has 1 aliphatic heterocycles. The standard InChI is InChI=1S/C12H21NO5/c1-12(2,3)18-10(14)8-5-9(17-4)7-13(6-8)11(15)16/h8-9H,5-7H2,1-4H3,(H,15,16). The third-order valence-electron chi connectivity index (χ3n) is 2.76. The normalized spacial score (nSPS) is 24.8. The Balaban J connectivity index is 2.69. The highest BCUT2D eigenvalue weighted by Gasteiger charge is 2.36. The summed E-state index contributed by atoms with van der Waals surface area (Å²) in [7, 11) is 1.52. The highest BCUT2D eigenvalue weighted by molar-refractivity contribution is 5.75. The number of rotatable bonds is 2. The van der Waals surface area contributed by atoms with E-state index in [4.69, 9.17) is 14.6 Å². The van der Waals surface area contributed by atoms with Crippen LogP contribution in [0.15, 0.2) is 0 Å². The number of methoxy groups -OCH3 is 1. The van der Waals surface area contributed by atoms with Crippen LogP contribution >= 0.6 is 0 Å². The van der Waals surface area contributed by atoms with Crippen molar-refractivity contribution < 1.29 is 24.2 Å². The first-order valence-electron chi connectivity index (χ1n) is 5.96. The van der Waals surface area contributed by atoms with Gasteiger partial charge in [0.1, 0.15) is 5.60 Å². The van der Waals surface area contributed by atoms with E-state index in [1.54, 1.807) is 20.8 Å². The van der Waals surface area contributed by atoms with Gasteiger partial charge in [-0.2, -0.15) is 0 Å². The summed E-state index contributed by atoms with van der Waals surface area (Å²) in [5.74, 6) is -0.825. The van der Waals surface area contributed by atoms with E-state index in [1.165, 1.54) is 12.0 Å². The average Bonchev–Trinajstić information content (AvgIpc) is 2.26. The fourth-order valence-electron chi connectivity index (χ4n) is 1.94. The van der Waals surface area contributed by atoms with E-state index >= 15 is 0 Å². The molecule has 6 heteroatoms. The predicted octanol–water partition coefficient (Wildman–Crippen LogP) is 1.34. The van der Waals surface area contributed by atoms with Gasteiger partial charge in [-0.05, 0) is 27.2 Å². The number of piperidine rings is 1. The number of esters is 1. The maximum Gasteiger partial charge on any atom is 0.407 e. The zero-order valence-electron chi connectivity index (χ0n) is 11.3. The molecule has 1 fully saturated rings. The molecule has 104 valence electrons. The van der Waals surface area contributed by atoms with Crippen LogP contribution in [-0.4, -0.2) is 54.0 Å². The first-order valence-corrected chi connectivity index (χ1v) is 5.96. The van der Waals surface area contributed by atoms with Crippen LogP contribution in [0, 0.1) is 5.92 Å². The van der Waals surface area contributed by atoms with Crippen LogP contribution in [0.3, 0.4) is 0 Å². The molecule has 1 aliphatic rings. The van der Waals surface area contributed by atoms with E-state index < -0.39 is 17.6 Å². The van der Waals surface area contributed by atoms with Crippen LogP contribution in [0.25, 0.3) is 0 Å². The second-order valence-electron chi connectivity index (χ2n) is 5.51. The lowest BCUT2D eigenvalue weighted by molar-refractivity contribution is -0.163. The van der Waals surface area contributed by atoms with Crippen LogP contribution in [0.4, 0.5) is 4.79 Å². The van der Waals surface area contributed by atoms with Crippen molar-refractivity contribution in [2.24, 2.45) is 5.92 Å². The SMILES string of the molecule is COC1CC(C(=O)OC(C)(C)C)CN(C(=O)O)C1. The van der Waals surface area contributed by atoms with Gasteiger partial charge in [0.2, 0.25) is 0 Å². The second kappa shape index (κ2) is 5.56. The van der Waals surface area contributed by atoms with Gasteiger partial charge in [-0.25, -0.2) is 4.79 Å². The Morgan fingerprint density at radius 2 is 1.89 bits per heavy atom. The van der Waals surface area contributed by atoms with Crippen LogP contribution in [-0.2, 0) is 14.3 Å². The molecular formula is C12H21NO5. The van der Waals surface area contributed by atoms with Gasteiger partial charge in [-0.3, -0.25) is 4.79 Å². The van der Waals surface area contributed by atoms with Crippen molar-refractivity contribution in [3.05, 3.63) is 0 Å². The van der Waals surface area contributed by atoms with E-state index in [-0.39, 0.29) is 18.6 Å². The number of nitrogens with zero attached hydrogens (tertiary/aromatic N) is 1. The highest BCUT2D eigenvalue weighted by atomic mass is 16.6. The fraction of sp³-hybridized carbons (Fsp3) is 0.833. The topological polar surface area (TPSA) is 76.1 Å². The molecule has 0 aromatic heterocycles. The van der Waals surface area contributed by atoms with Gasteiger partial charge in [-0.15, -0.1) is 0 Å². The number of amides is 1. The largest absolute Gasteiger partial charge is 0.465 e. The molecule has 0 saturated carbocycles. The molecule has 1 N–H and O–H groups in total. The molecule has 1 amide bonds. The van der Waals surface area contributed by atoms with Gasteiger partial charge < -0.3 is 19.5 Å². The smallest absolute Gasteiger partial charge is 0.407 e. The number of carbonyl (C=O) groups is 2. The molecule has 6 nitrogen and oxygen atoms in total. The number of hydrogen-bond acceptors (Lipinski definition) is 4. The molecule has 0 spiro atoms. The first kappa shape index (κ1) is 14.8. The quantitative estimate of drug-likeness (QED) is 0.757. The van der Waals surface area contributed by atoms with Gasteiger partial charge in [0.05, 0.1) is 18.6 Å². The Labute approximate surface area is 107 Å². The van der Waals surface area contributed by atoms with Gasteiger partial charge >= 0.3 is 12.1 Å². The Hall–Kier alpha value is -1.30. The van der Waals surface area contributed by atoms with Gasteiger partial charge in [0, 0.05) is 13.7 Å². The molecule has 0 aromatic rings. The minimum Gasteiger partial charge on any atom is -0.465 e. The lowest BCUT2D eigenvalue weighted by Crippen LogP contribution is -2.49.